The summed E-state index contributed by atoms with van der Waals surface area (Å²) in [7, 11) is -3.84. The third-order valence-electron chi connectivity index (χ3n) is 5.24. The lowest BCUT2D eigenvalue weighted by atomic mass is 10.2. The van der Waals surface area contributed by atoms with Crippen molar-refractivity contribution >= 4 is 26.7 Å². The number of benzene rings is 3. The third kappa shape index (κ3) is 4.95. The molecule has 0 unspecified atom stereocenters. The van der Waals surface area contributed by atoms with Crippen LogP contribution in [0.2, 0.25) is 0 Å². The monoisotopic (exact) mass is 480 g/mol. The largest absolute Gasteiger partial charge is 0.488 e. The fourth-order valence-electron chi connectivity index (χ4n) is 3.67. The zero-order valence-corrected chi connectivity index (χ0v) is 19.1. The van der Waals surface area contributed by atoms with Gasteiger partial charge in [-0.25, -0.2) is 0 Å². The van der Waals surface area contributed by atoms with Crippen LogP contribution in [-0.4, -0.2) is 34.8 Å². The molecule has 0 amide bonds. The maximum Gasteiger partial charge on any atom is 0.295 e. The Morgan fingerprint density at radius 3 is 2.68 bits per heavy atom. The minimum Gasteiger partial charge on any atom is -0.488 e. The topological polar surface area (TPSA) is 99.0 Å². The maximum atomic E-state index is 12.8. The lowest BCUT2D eigenvalue weighted by Gasteiger charge is -2.20. The molecule has 0 aliphatic carbocycles. The molecule has 1 aromatic heterocycles. The Kier molecular flexibility index (Phi) is 6.29. The van der Waals surface area contributed by atoms with Crippen molar-refractivity contribution in [2.24, 2.45) is 0 Å². The molecule has 0 fully saturated rings. The van der Waals surface area contributed by atoms with Crippen LogP contribution in [0.5, 0.6) is 17.2 Å². The molecule has 9 heteroatoms. The van der Waals surface area contributed by atoms with Crippen molar-refractivity contribution in [2.75, 3.05) is 31.1 Å². The summed E-state index contributed by atoms with van der Waals surface area (Å²) in [4.78, 5) is 0. The summed E-state index contributed by atoms with van der Waals surface area (Å²) in [6, 6.07) is 21.5. The first-order chi connectivity index (χ1) is 16.6. The molecule has 5 rings (SSSR count). The second-order valence-electron chi connectivity index (χ2n) is 7.71. The van der Waals surface area contributed by atoms with Gasteiger partial charge in [0.05, 0.1) is 0 Å². The number of hydrogen-bond donors (Lipinski definition) is 2. The van der Waals surface area contributed by atoms with Crippen LogP contribution in [0.3, 0.4) is 0 Å². The lowest BCUT2D eigenvalue weighted by Crippen LogP contribution is -2.21. The normalized spacial score (nSPS) is 13.1. The van der Waals surface area contributed by atoms with Crippen LogP contribution in [0.4, 0.5) is 5.69 Å². The van der Waals surface area contributed by atoms with Gasteiger partial charge in [0, 0.05) is 30.2 Å². The smallest absolute Gasteiger partial charge is 0.295 e. The van der Waals surface area contributed by atoms with Crippen molar-refractivity contribution in [3.05, 3.63) is 78.4 Å². The SMILES string of the molecule is O=S(=O)(Nc1cccc(CNCCOc2cccc3c2OCCO3)c1)c1cc2ccccc2o1. The van der Waals surface area contributed by atoms with Gasteiger partial charge in [0.1, 0.15) is 25.4 Å². The molecule has 2 N–H and O–H groups in total. The van der Waals surface area contributed by atoms with Gasteiger partial charge in [-0.2, -0.15) is 8.42 Å². The summed E-state index contributed by atoms with van der Waals surface area (Å²) in [5, 5.41) is 3.91. The number of nitrogens with one attached hydrogen (secondary N) is 2. The van der Waals surface area contributed by atoms with E-state index in [1.165, 1.54) is 6.07 Å². The molecule has 176 valence electrons. The molecule has 0 radical (unpaired) electrons. The van der Waals surface area contributed by atoms with Crippen molar-refractivity contribution in [1.29, 1.82) is 0 Å². The van der Waals surface area contributed by atoms with Gasteiger partial charge in [0.25, 0.3) is 10.0 Å². The molecule has 0 bridgehead atoms. The maximum absolute atomic E-state index is 12.8. The van der Waals surface area contributed by atoms with Gasteiger partial charge in [-0.3, -0.25) is 4.72 Å². The summed E-state index contributed by atoms with van der Waals surface area (Å²) in [6.07, 6.45) is 0. The summed E-state index contributed by atoms with van der Waals surface area (Å²) < 4.78 is 50.7. The van der Waals surface area contributed by atoms with E-state index in [0.29, 0.717) is 61.4 Å². The summed E-state index contributed by atoms with van der Waals surface area (Å²) in [6.45, 7) is 2.63. The van der Waals surface area contributed by atoms with Gasteiger partial charge in [-0.05, 0) is 35.9 Å². The average molecular weight is 481 g/mol. The predicted octanol–water partition coefficient (Wildman–Crippen LogP) is 4.17. The Morgan fingerprint density at radius 2 is 1.76 bits per heavy atom. The zero-order chi connectivity index (χ0) is 23.4. The fourth-order valence-corrected chi connectivity index (χ4v) is 4.69. The second-order valence-corrected chi connectivity index (χ2v) is 9.33. The highest BCUT2D eigenvalue weighted by molar-refractivity contribution is 7.92. The van der Waals surface area contributed by atoms with E-state index in [2.05, 4.69) is 10.0 Å². The van der Waals surface area contributed by atoms with Crippen LogP contribution >= 0.6 is 0 Å². The number of sulfonamides is 1. The Labute approximate surface area is 197 Å². The molecule has 0 saturated heterocycles. The van der Waals surface area contributed by atoms with Crippen LogP contribution in [0.1, 0.15) is 5.56 Å². The van der Waals surface area contributed by atoms with Gasteiger partial charge >= 0.3 is 0 Å². The van der Waals surface area contributed by atoms with Crippen molar-refractivity contribution < 1.29 is 27.0 Å². The summed E-state index contributed by atoms with van der Waals surface area (Å²) >= 11 is 0. The van der Waals surface area contributed by atoms with Crippen LogP contribution in [-0.2, 0) is 16.6 Å². The van der Waals surface area contributed by atoms with Crippen molar-refractivity contribution in [1.82, 2.24) is 5.32 Å². The first kappa shape index (κ1) is 22.1. The molecule has 1 aliphatic rings. The van der Waals surface area contributed by atoms with E-state index in [4.69, 9.17) is 18.6 Å². The Morgan fingerprint density at radius 1 is 0.912 bits per heavy atom. The summed E-state index contributed by atoms with van der Waals surface area (Å²) in [5.74, 6) is 1.98. The van der Waals surface area contributed by atoms with Gasteiger partial charge in [-0.15, -0.1) is 0 Å². The minimum atomic E-state index is -3.84. The molecular weight excluding hydrogens is 456 g/mol. The van der Waals surface area contributed by atoms with Gasteiger partial charge in [0.15, 0.2) is 11.5 Å². The number of hydrogen-bond acceptors (Lipinski definition) is 7. The van der Waals surface area contributed by atoms with Gasteiger partial charge < -0.3 is 23.9 Å². The van der Waals surface area contributed by atoms with Crippen LogP contribution in [0.15, 0.2) is 82.3 Å². The highest BCUT2D eigenvalue weighted by Crippen LogP contribution is 2.38. The number of furan rings is 1. The molecule has 34 heavy (non-hydrogen) atoms. The van der Waals surface area contributed by atoms with E-state index in [1.807, 2.05) is 30.3 Å². The Hall–Kier alpha value is -3.69. The van der Waals surface area contributed by atoms with E-state index < -0.39 is 10.0 Å². The van der Waals surface area contributed by atoms with Gasteiger partial charge in [-0.1, -0.05) is 36.4 Å². The number of anilines is 1. The molecule has 0 atom stereocenters. The standard InChI is InChI=1S/C25H24N2O6S/c28-34(29,24-16-19-6-1-2-8-21(19)33-24)27-20-7-3-5-18(15-20)17-26-11-12-30-22-9-4-10-23-25(22)32-14-13-31-23/h1-10,15-16,26-27H,11-14,17H2. The average Bonchev–Trinajstić information content (AvgIpc) is 3.30. The molecule has 4 aromatic rings. The Bertz CT molecular complexity index is 1370. The number of rotatable bonds is 9. The van der Waals surface area contributed by atoms with E-state index in [-0.39, 0.29) is 5.09 Å². The molecule has 1 aliphatic heterocycles. The first-order valence-corrected chi connectivity index (χ1v) is 12.4. The van der Waals surface area contributed by atoms with Crippen LogP contribution < -0.4 is 24.2 Å². The lowest BCUT2D eigenvalue weighted by molar-refractivity contribution is 0.162. The van der Waals surface area contributed by atoms with E-state index in [0.717, 1.165) is 10.9 Å². The predicted molar refractivity (Wildman–Crippen MR) is 128 cm³/mol. The first-order valence-electron chi connectivity index (χ1n) is 10.9. The van der Waals surface area contributed by atoms with Crippen molar-refractivity contribution in [3.8, 4) is 17.2 Å². The fraction of sp³-hybridized carbons (Fsp3) is 0.200. The minimum absolute atomic E-state index is 0.119. The highest BCUT2D eigenvalue weighted by Gasteiger charge is 2.20. The Balaban J connectivity index is 1.15. The van der Waals surface area contributed by atoms with E-state index in [9.17, 15) is 8.42 Å². The molecule has 8 nitrogen and oxygen atoms in total. The van der Waals surface area contributed by atoms with Gasteiger partial charge in [0.2, 0.25) is 10.8 Å². The molecule has 2 heterocycles. The second kappa shape index (κ2) is 9.66. The van der Waals surface area contributed by atoms with E-state index >= 15 is 0 Å². The number of para-hydroxylation sites is 2. The quantitative estimate of drug-likeness (QED) is 0.347. The highest BCUT2D eigenvalue weighted by atomic mass is 32.2. The number of fused-ring (bicyclic) bond motifs is 2. The molecule has 0 saturated carbocycles. The zero-order valence-electron chi connectivity index (χ0n) is 18.3. The molecular formula is C25H24N2O6S. The van der Waals surface area contributed by atoms with Crippen LogP contribution in [0, 0.1) is 0 Å². The molecule has 0 spiro atoms. The van der Waals surface area contributed by atoms with E-state index in [1.54, 1.807) is 36.4 Å². The summed E-state index contributed by atoms with van der Waals surface area (Å²) in [5.41, 5.74) is 1.92. The third-order valence-corrected chi connectivity index (χ3v) is 6.48. The van der Waals surface area contributed by atoms with Crippen molar-refractivity contribution in [3.63, 3.8) is 0 Å². The van der Waals surface area contributed by atoms with Crippen molar-refractivity contribution in [2.45, 2.75) is 11.6 Å². The number of ether oxygens (including phenoxy) is 3. The molecule has 3 aromatic carbocycles. The van der Waals surface area contributed by atoms with Crippen LogP contribution in [0.25, 0.3) is 11.0 Å².